The fourth-order valence-corrected chi connectivity index (χ4v) is 13.0. The lowest BCUT2D eigenvalue weighted by Crippen LogP contribution is -2.41. The molecule has 11 rings (SSSR count). The molecule has 11 heterocycles. The van der Waals surface area contributed by atoms with Gasteiger partial charge in [-0.15, -0.1) is 0 Å². The standard InChI is InChI=1S/C15H21BN2O3.C14H23NO3.C12H20N2O2.C12H19NO3.C10H12N2O.C9H10N2O.C8H11NO2.C7H16O/c1-9-7-11(16-20-14(3,4)15(5,6)21-16)18-10(2)8-17-13(19)12(9)18;1-6-17-12(5)11(4)15-9-8-10(3)13(15)14(16)18-7-2;1-5-16-10(4)9(3)14-7-6-8(2)11(14)12(13)15;1-5-16-10(4)9(3)13-7-6-8(2)11(13)12(14)15;1-6-4-7(2)12-8(3)5-11-10(13)9(6)12;1-6-3-4-11-7(2)5-10-9(12)8(6)11;1-3-11-8(10)7-6(2)4-5-9-7;1-5-8-7(4)6(2)3/h7-8H,1-6H3,(H,17,19);8-9,11-12H,6-7H2,1-5H3;6-7,9-10H,5H2,1-4H3,(H2,13,15);6-7,9-10H,5H2,1-4H3,(H,14,15);4-5H,1-3H3,(H,11,13);3-5H,1-2H3,(H,10,12);4-5,9H,3H2,1-2H3;6-7H,5H2,1-4H3. The van der Waals surface area contributed by atoms with E-state index in [4.69, 9.17) is 48.6 Å². The van der Waals surface area contributed by atoms with Crippen molar-refractivity contribution in [3.8, 4) is 0 Å². The van der Waals surface area contributed by atoms with Gasteiger partial charge in [0.15, 0.2) is 0 Å². The number of nitrogens with two attached hydrogens (primary N) is 1. The molecule has 0 radical (unpaired) electrons. The van der Waals surface area contributed by atoms with Crippen LogP contribution in [0.1, 0.15) is 253 Å². The summed E-state index contributed by atoms with van der Waals surface area (Å²) in [6, 6.07) is 13.6. The molecule has 1 saturated heterocycles. The number of primary amides is 1. The van der Waals surface area contributed by atoms with E-state index in [0.717, 1.165) is 85.0 Å². The van der Waals surface area contributed by atoms with Gasteiger partial charge in [-0.05, 0) is 281 Å². The van der Waals surface area contributed by atoms with Crippen molar-refractivity contribution in [3.05, 3.63) is 208 Å². The summed E-state index contributed by atoms with van der Waals surface area (Å²) in [5.41, 5.74) is 20.2. The fourth-order valence-electron chi connectivity index (χ4n) is 13.0. The monoisotopic (exact) mass is 1600 g/mol. The van der Waals surface area contributed by atoms with E-state index in [1.807, 2.05) is 256 Å². The number of carboxylic acid groups (broad SMARTS) is 1. The number of rotatable bonds is 22. The Morgan fingerprint density at radius 3 is 1.23 bits per heavy atom. The van der Waals surface area contributed by atoms with Crippen molar-refractivity contribution in [2.45, 2.75) is 261 Å². The third-order valence-corrected chi connectivity index (χ3v) is 20.8. The number of amides is 1. The molecule has 115 heavy (non-hydrogen) atoms. The Labute approximate surface area is 679 Å². The maximum absolute atomic E-state index is 12.1. The molecule has 0 bridgehead atoms. The van der Waals surface area contributed by atoms with Gasteiger partial charge in [0.1, 0.15) is 39.3 Å². The number of aromatic carboxylic acids is 1. The molecule has 10 aromatic heterocycles. The minimum Gasteiger partial charge on any atom is -0.477 e. The van der Waals surface area contributed by atoms with Crippen LogP contribution in [0.5, 0.6) is 0 Å². The van der Waals surface area contributed by atoms with E-state index in [-0.39, 0.29) is 65.1 Å². The predicted octanol–water partition coefficient (Wildman–Crippen LogP) is 15.2. The number of nitrogens with zero attached hydrogens (tertiary/aromatic N) is 6. The van der Waals surface area contributed by atoms with E-state index in [1.165, 1.54) is 0 Å². The van der Waals surface area contributed by atoms with E-state index >= 15 is 0 Å². The number of H-pyrrole nitrogens is 4. The highest BCUT2D eigenvalue weighted by molar-refractivity contribution is 6.61. The van der Waals surface area contributed by atoms with Gasteiger partial charge in [0.2, 0.25) is 0 Å². The van der Waals surface area contributed by atoms with Gasteiger partial charge in [0.25, 0.3) is 22.6 Å². The van der Waals surface area contributed by atoms with Crippen LogP contribution in [-0.4, -0.2) is 158 Å². The predicted molar refractivity (Wildman–Crippen MR) is 457 cm³/mol. The smallest absolute Gasteiger partial charge is 0.477 e. The number of hydrogen-bond donors (Lipinski definition) is 6. The summed E-state index contributed by atoms with van der Waals surface area (Å²) in [6.45, 7) is 62.8. The van der Waals surface area contributed by atoms with Crippen LogP contribution in [0.3, 0.4) is 0 Å². The second kappa shape index (κ2) is 44.4. The van der Waals surface area contributed by atoms with Crippen LogP contribution in [0, 0.1) is 82.1 Å². The maximum atomic E-state index is 12.1. The number of carboxylic acids is 1. The van der Waals surface area contributed by atoms with Crippen LogP contribution in [0.15, 0.2) is 106 Å². The van der Waals surface area contributed by atoms with Crippen LogP contribution >= 0.6 is 0 Å². The lowest BCUT2D eigenvalue weighted by Gasteiger charge is -2.32. The molecule has 1 amide bonds. The molecule has 634 valence electrons. The number of carbonyl (C=O) groups is 4. The molecule has 0 spiro atoms. The van der Waals surface area contributed by atoms with Crippen molar-refractivity contribution in [3.63, 3.8) is 0 Å². The Morgan fingerprint density at radius 1 is 0.443 bits per heavy atom. The van der Waals surface area contributed by atoms with Gasteiger partial charge in [-0.25, -0.2) is 14.4 Å². The molecule has 0 aliphatic carbocycles. The quantitative estimate of drug-likeness (QED) is 0.0271. The topological polar surface area (TPSA) is 331 Å². The number of nitrogens with one attached hydrogen (secondary N) is 4. The molecule has 7 N–H and O–H groups in total. The Kier molecular flexibility index (Phi) is 37.7. The van der Waals surface area contributed by atoms with Gasteiger partial charge in [0.05, 0.1) is 72.6 Å². The molecule has 0 saturated carbocycles. The molecular formula is C87H132BN11O16. The molecule has 1 aliphatic heterocycles. The minimum atomic E-state index is -0.891. The first kappa shape index (κ1) is 97.7. The van der Waals surface area contributed by atoms with Crippen molar-refractivity contribution in [2.75, 3.05) is 39.6 Å². The van der Waals surface area contributed by atoms with Gasteiger partial charge in [-0.3, -0.25) is 19.2 Å². The molecular weight excluding hydrogens is 1470 g/mol. The van der Waals surface area contributed by atoms with Gasteiger partial charge < -0.3 is 95.4 Å². The summed E-state index contributed by atoms with van der Waals surface area (Å²) in [5.74, 6) is -1.18. The summed E-state index contributed by atoms with van der Waals surface area (Å²) in [4.78, 5) is 91.4. The van der Waals surface area contributed by atoms with E-state index in [2.05, 4.69) is 40.7 Å². The summed E-state index contributed by atoms with van der Waals surface area (Å²) < 4.78 is 55.4. The van der Waals surface area contributed by atoms with E-state index in [1.54, 1.807) is 49.4 Å². The first-order valence-electron chi connectivity index (χ1n) is 39.8. The number of esters is 2. The third-order valence-electron chi connectivity index (χ3n) is 20.8. The summed E-state index contributed by atoms with van der Waals surface area (Å²) >= 11 is 0. The summed E-state index contributed by atoms with van der Waals surface area (Å²) in [5, 5.41) is 9.13. The molecule has 0 aromatic carbocycles. The molecule has 7 unspecified atom stereocenters. The van der Waals surface area contributed by atoms with Crippen molar-refractivity contribution in [2.24, 2.45) is 11.7 Å². The highest BCUT2D eigenvalue weighted by Gasteiger charge is 2.53. The molecule has 7 atom stereocenters. The second-order valence-electron chi connectivity index (χ2n) is 30.2. The minimum absolute atomic E-state index is 0.00472. The van der Waals surface area contributed by atoms with Gasteiger partial charge >= 0.3 is 25.0 Å². The Balaban J connectivity index is 0.000000280. The number of hydrogen-bond acceptors (Lipinski definition) is 15. The molecule has 1 fully saturated rings. The Hall–Kier alpha value is -9.71. The van der Waals surface area contributed by atoms with E-state index in [9.17, 15) is 33.6 Å². The number of carbonyl (C=O) groups excluding carboxylic acids is 3. The molecule has 10 aromatic rings. The zero-order valence-electron chi connectivity index (χ0n) is 73.9. The zero-order valence-corrected chi connectivity index (χ0v) is 73.9. The fraction of sp³-hybridized carbons (Fsp3) is 0.529. The van der Waals surface area contributed by atoms with Crippen molar-refractivity contribution in [1.82, 2.24) is 46.8 Å². The SMILES string of the molecule is CCOC(=O)c1[nH]ccc1C.CCOC(=O)c1c(C)ccn1C(C)C(C)OCC.CCOC(C)C(C)C.CCOC(C)C(C)n1ccc(C)c1C(=O)O.CCOC(C)C(C)n1ccc(C)c1C(N)=O.Cc1cc(B2OC(C)(C)C(C)(C)O2)n2c(C)c[nH]c(=O)c12.Cc1cc(C)n2c(C)c[nH]c(=O)c12.Cc1ccn2c(C)c[nH]c(=O)c12. The van der Waals surface area contributed by atoms with Gasteiger partial charge in [0, 0.05) is 98.8 Å². The average Bonchev–Trinajstić information content (AvgIpc) is 1.59. The summed E-state index contributed by atoms with van der Waals surface area (Å²) in [7, 11) is -0.475. The Morgan fingerprint density at radius 2 is 0.826 bits per heavy atom. The van der Waals surface area contributed by atoms with Crippen LogP contribution in [0.25, 0.3) is 16.6 Å². The highest BCUT2D eigenvalue weighted by Crippen LogP contribution is 2.37. The van der Waals surface area contributed by atoms with Gasteiger partial charge in [-0.2, -0.15) is 0 Å². The van der Waals surface area contributed by atoms with E-state index in [0.29, 0.717) is 73.3 Å². The molecule has 27 nitrogen and oxygen atoms in total. The van der Waals surface area contributed by atoms with Crippen molar-refractivity contribution in [1.29, 1.82) is 0 Å². The normalized spacial score (nSPS) is 14.4. The average molecular weight is 1600 g/mol. The Bertz CT molecular complexity index is 4880. The third kappa shape index (κ3) is 25.2. The second-order valence-corrected chi connectivity index (χ2v) is 30.2. The number of aromatic amines is 4. The number of fused-ring (bicyclic) bond motifs is 3. The molecule has 28 heteroatoms. The van der Waals surface area contributed by atoms with Gasteiger partial charge in [-0.1, -0.05) is 13.8 Å². The zero-order chi connectivity index (χ0) is 87.0. The first-order valence-corrected chi connectivity index (χ1v) is 39.8. The van der Waals surface area contributed by atoms with E-state index < -0.39 is 30.2 Å². The van der Waals surface area contributed by atoms with Crippen LogP contribution in [0.2, 0.25) is 0 Å². The largest absolute Gasteiger partial charge is 0.512 e. The van der Waals surface area contributed by atoms with Crippen LogP contribution < -0.4 is 28.0 Å². The highest BCUT2D eigenvalue weighted by atomic mass is 16.7. The number of aryl methyl sites for hydroxylation is 11. The lowest BCUT2D eigenvalue weighted by atomic mass is 9.84. The maximum Gasteiger partial charge on any atom is 0.512 e. The van der Waals surface area contributed by atoms with Crippen molar-refractivity contribution >= 4 is 53.1 Å². The van der Waals surface area contributed by atoms with Crippen LogP contribution in [-0.2, 0) is 37.7 Å². The van der Waals surface area contributed by atoms with Crippen molar-refractivity contribution < 1.29 is 62.0 Å². The first-order chi connectivity index (χ1) is 53.9. The summed E-state index contributed by atoms with van der Waals surface area (Å²) in [6.07, 6.45) is 14.9. The van der Waals surface area contributed by atoms with Crippen LogP contribution in [0.4, 0.5) is 0 Å². The lowest BCUT2D eigenvalue weighted by molar-refractivity contribution is 0.00578. The number of aromatic nitrogens is 10. The molecule has 1 aliphatic rings. The number of ether oxygens (including phenoxy) is 6.